The number of fused-ring (bicyclic) bond motifs is 1. The van der Waals surface area contributed by atoms with Crippen LogP contribution in [-0.4, -0.2) is 81.1 Å². The van der Waals surface area contributed by atoms with E-state index in [-0.39, 0.29) is 5.91 Å². The van der Waals surface area contributed by atoms with Gasteiger partial charge in [-0.15, -0.1) is 0 Å². The van der Waals surface area contributed by atoms with Gasteiger partial charge >= 0.3 is 0 Å². The van der Waals surface area contributed by atoms with Crippen molar-refractivity contribution in [2.24, 2.45) is 0 Å². The van der Waals surface area contributed by atoms with Gasteiger partial charge in [0.1, 0.15) is 12.1 Å². The summed E-state index contributed by atoms with van der Waals surface area (Å²) < 4.78 is 1.80. The zero-order valence-corrected chi connectivity index (χ0v) is 14.8. The molecule has 2 aromatic rings. The van der Waals surface area contributed by atoms with Gasteiger partial charge in [-0.2, -0.15) is 14.6 Å². The van der Waals surface area contributed by atoms with Crippen molar-refractivity contribution >= 4 is 17.5 Å². The highest BCUT2D eigenvalue weighted by molar-refractivity contribution is 5.78. The molecule has 0 atom stereocenters. The molecule has 0 aromatic carbocycles. The summed E-state index contributed by atoms with van der Waals surface area (Å²) in [6.07, 6.45) is 4.87. The van der Waals surface area contributed by atoms with Crippen LogP contribution in [-0.2, 0) is 4.79 Å². The summed E-state index contributed by atoms with van der Waals surface area (Å²) >= 11 is 0. The summed E-state index contributed by atoms with van der Waals surface area (Å²) in [4.78, 5) is 27.7. The number of rotatable bonds is 3. The van der Waals surface area contributed by atoms with Crippen molar-refractivity contribution in [2.45, 2.75) is 26.2 Å². The molecular weight excluding hydrogens is 318 g/mol. The van der Waals surface area contributed by atoms with Crippen LogP contribution in [0.4, 0.5) is 5.82 Å². The van der Waals surface area contributed by atoms with Crippen molar-refractivity contribution in [1.29, 1.82) is 0 Å². The van der Waals surface area contributed by atoms with Gasteiger partial charge in [-0.05, 0) is 26.2 Å². The van der Waals surface area contributed by atoms with Gasteiger partial charge in [0, 0.05) is 51.0 Å². The Labute approximate surface area is 147 Å². The maximum atomic E-state index is 12.4. The number of carbonyl (C=O) groups is 1. The van der Waals surface area contributed by atoms with E-state index in [1.807, 2.05) is 11.8 Å². The third-order valence-electron chi connectivity index (χ3n) is 5.09. The van der Waals surface area contributed by atoms with Crippen molar-refractivity contribution in [3.05, 3.63) is 18.1 Å². The number of amides is 1. The van der Waals surface area contributed by atoms with Gasteiger partial charge in [0.15, 0.2) is 0 Å². The van der Waals surface area contributed by atoms with Crippen molar-refractivity contribution < 1.29 is 4.79 Å². The van der Waals surface area contributed by atoms with Gasteiger partial charge in [0.2, 0.25) is 5.91 Å². The summed E-state index contributed by atoms with van der Waals surface area (Å²) in [5.41, 5.74) is 0.945. The Balaban J connectivity index is 1.44. The molecule has 2 fully saturated rings. The van der Waals surface area contributed by atoms with Crippen LogP contribution in [0.1, 0.15) is 25.0 Å². The second-order valence-electron chi connectivity index (χ2n) is 6.93. The summed E-state index contributed by atoms with van der Waals surface area (Å²) in [6, 6.07) is 2.06. The Kier molecular flexibility index (Phi) is 4.52. The number of likely N-dealkylation sites (tertiary alicyclic amines) is 1. The monoisotopic (exact) mass is 343 g/mol. The zero-order valence-electron chi connectivity index (χ0n) is 14.8. The summed E-state index contributed by atoms with van der Waals surface area (Å²) in [5.74, 6) is 1.96. The third kappa shape index (κ3) is 3.44. The largest absolute Gasteiger partial charge is 0.355 e. The Bertz CT molecular complexity index is 753. The molecule has 2 aliphatic heterocycles. The van der Waals surface area contributed by atoms with Crippen LogP contribution in [0, 0.1) is 6.92 Å². The predicted octanol–water partition coefficient (Wildman–Crippen LogP) is 0.567. The van der Waals surface area contributed by atoms with Crippen LogP contribution in [0.3, 0.4) is 0 Å². The first-order valence-electron chi connectivity index (χ1n) is 9.13. The first-order valence-corrected chi connectivity index (χ1v) is 9.13. The first kappa shape index (κ1) is 16.3. The number of hydrogen-bond donors (Lipinski definition) is 0. The number of aromatic nitrogens is 4. The van der Waals surface area contributed by atoms with Crippen LogP contribution in [0.5, 0.6) is 0 Å². The molecule has 2 aliphatic rings. The van der Waals surface area contributed by atoms with E-state index in [2.05, 4.69) is 30.9 Å². The molecule has 0 N–H and O–H groups in total. The van der Waals surface area contributed by atoms with Gasteiger partial charge in [-0.1, -0.05) is 0 Å². The summed E-state index contributed by atoms with van der Waals surface area (Å²) in [6.45, 7) is 8.06. The van der Waals surface area contributed by atoms with E-state index in [9.17, 15) is 4.79 Å². The molecule has 0 spiro atoms. The zero-order chi connectivity index (χ0) is 17.2. The topological polar surface area (TPSA) is 69.9 Å². The molecule has 0 bridgehead atoms. The molecule has 2 saturated heterocycles. The Morgan fingerprint density at radius 2 is 1.92 bits per heavy atom. The summed E-state index contributed by atoms with van der Waals surface area (Å²) in [7, 11) is 0. The minimum absolute atomic E-state index is 0.282. The fourth-order valence-electron chi connectivity index (χ4n) is 3.75. The van der Waals surface area contributed by atoms with Gasteiger partial charge < -0.3 is 9.80 Å². The van der Waals surface area contributed by atoms with Crippen LogP contribution in [0.25, 0.3) is 5.78 Å². The molecule has 0 radical (unpaired) electrons. The highest BCUT2D eigenvalue weighted by atomic mass is 16.2. The van der Waals surface area contributed by atoms with Crippen LogP contribution >= 0.6 is 0 Å². The molecule has 4 heterocycles. The lowest BCUT2D eigenvalue weighted by Crippen LogP contribution is -2.40. The normalized spacial score (nSPS) is 19.6. The Hall–Kier alpha value is -2.22. The van der Waals surface area contributed by atoms with Crippen LogP contribution in [0.15, 0.2) is 12.4 Å². The molecule has 0 saturated carbocycles. The molecule has 134 valence electrons. The van der Waals surface area contributed by atoms with Crippen molar-refractivity contribution in [3.63, 3.8) is 0 Å². The number of nitrogens with zero attached hydrogens (tertiary/aromatic N) is 7. The smallest absolute Gasteiger partial charge is 0.254 e. The van der Waals surface area contributed by atoms with Crippen LogP contribution < -0.4 is 4.90 Å². The molecular formula is C17H25N7O. The number of carbonyl (C=O) groups excluding carboxylic acids is 1. The van der Waals surface area contributed by atoms with E-state index in [1.165, 1.54) is 0 Å². The van der Waals surface area contributed by atoms with E-state index < -0.39 is 0 Å². The lowest BCUT2D eigenvalue weighted by atomic mass is 10.3. The van der Waals surface area contributed by atoms with Gasteiger partial charge in [-0.25, -0.2) is 4.98 Å². The van der Waals surface area contributed by atoms with Gasteiger partial charge in [0.05, 0.1) is 6.54 Å². The molecule has 25 heavy (non-hydrogen) atoms. The fraction of sp³-hybridized carbons (Fsp3) is 0.647. The van der Waals surface area contributed by atoms with Crippen molar-refractivity contribution in [1.82, 2.24) is 29.4 Å². The minimum atomic E-state index is 0.282. The van der Waals surface area contributed by atoms with E-state index in [4.69, 9.17) is 0 Å². The second kappa shape index (κ2) is 6.95. The lowest BCUT2D eigenvalue weighted by Gasteiger charge is -2.25. The Morgan fingerprint density at radius 3 is 2.76 bits per heavy atom. The molecule has 1 amide bonds. The highest BCUT2D eigenvalue weighted by Crippen LogP contribution is 2.18. The molecule has 4 rings (SSSR count). The van der Waals surface area contributed by atoms with Crippen molar-refractivity contribution in [3.8, 4) is 0 Å². The van der Waals surface area contributed by atoms with Gasteiger partial charge in [0.25, 0.3) is 5.78 Å². The quantitative estimate of drug-likeness (QED) is 0.811. The second-order valence-corrected chi connectivity index (χ2v) is 6.93. The van der Waals surface area contributed by atoms with Crippen molar-refractivity contribution in [2.75, 3.05) is 50.7 Å². The molecule has 8 nitrogen and oxygen atoms in total. The SMILES string of the molecule is Cc1cc(N2CCCN(CC(=O)N3CCCC3)CC2)n2ncnc2n1. The average Bonchev–Trinajstić information content (AvgIpc) is 3.23. The standard InChI is InChI=1S/C17H25N7O/c1-14-11-15(24-17(20-14)18-13-19-24)22-8-4-5-21(9-10-22)12-16(25)23-6-2-3-7-23/h11,13H,2-10,12H2,1H3. The average molecular weight is 343 g/mol. The number of hydrogen-bond acceptors (Lipinski definition) is 6. The number of anilines is 1. The maximum absolute atomic E-state index is 12.4. The minimum Gasteiger partial charge on any atom is -0.355 e. The van der Waals surface area contributed by atoms with Crippen LogP contribution in [0.2, 0.25) is 0 Å². The van der Waals surface area contributed by atoms with E-state index in [0.29, 0.717) is 12.3 Å². The van der Waals surface area contributed by atoms with E-state index in [0.717, 1.165) is 70.0 Å². The molecule has 0 aliphatic carbocycles. The maximum Gasteiger partial charge on any atom is 0.254 e. The number of aryl methyl sites for hydroxylation is 1. The van der Waals surface area contributed by atoms with E-state index >= 15 is 0 Å². The Morgan fingerprint density at radius 1 is 1.08 bits per heavy atom. The first-order chi connectivity index (χ1) is 12.2. The lowest BCUT2D eigenvalue weighted by molar-refractivity contribution is -0.131. The fourth-order valence-corrected chi connectivity index (χ4v) is 3.75. The molecule has 2 aromatic heterocycles. The third-order valence-corrected chi connectivity index (χ3v) is 5.09. The molecule has 0 unspecified atom stereocenters. The van der Waals surface area contributed by atoms with Gasteiger partial charge in [-0.3, -0.25) is 9.69 Å². The molecule has 8 heteroatoms. The van der Waals surface area contributed by atoms with E-state index in [1.54, 1.807) is 10.8 Å². The highest BCUT2D eigenvalue weighted by Gasteiger charge is 2.23. The predicted molar refractivity (Wildman–Crippen MR) is 94.6 cm³/mol. The summed E-state index contributed by atoms with van der Waals surface area (Å²) in [5, 5.41) is 4.31.